The SMILES string of the molecule is COc1cccc(C(=N)C2C(=O)OC(C)(C)OC2=O)n1. The molecule has 0 radical (unpaired) electrons. The maximum atomic E-state index is 11.9. The van der Waals surface area contributed by atoms with E-state index >= 15 is 0 Å². The third-order valence-electron chi connectivity index (χ3n) is 2.66. The molecule has 0 aromatic carbocycles. The monoisotopic (exact) mass is 278 g/mol. The number of hydrogen-bond donors (Lipinski definition) is 1. The van der Waals surface area contributed by atoms with Crippen molar-refractivity contribution in [3.05, 3.63) is 23.9 Å². The molecule has 1 N–H and O–H groups in total. The summed E-state index contributed by atoms with van der Waals surface area (Å²) in [6.07, 6.45) is 0. The lowest BCUT2D eigenvalue weighted by molar-refractivity contribution is -0.235. The van der Waals surface area contributed by atoms with E-state index in [2.05, 4.69) is 4.98 Å². The van der Waals surface area contributed by atoms with Crippen LogP contribution in [0.1, 0.15) is 19.5 Å². The maximum absolute atomic E-state index is 11.9. The highest BCUT2D eigenvalue weighted by Gasteiger charge is 2.46. The molecular formula is C13H14N2O5. The predicted octanol–water partition coefficient (Wildman–Crippen LogP) is 0.910. The van der Waals surface area contributed by atoms with Crippen molar-refractivity contribution in [2.45, 2.75) is 19.6 Å². The number of aromatic nitrogens is 1. The molecule has 20 heavy (non-hydrogen) atoms. The lowest BCUT2D eigenvalue weighted by Gasteiger charge is -2.32. The zero-order valence-corrected chi connectivity index (χ0v) is 11.3. The smallest absolute Gasteiger partial charge is 0.329 e. The normalized spacial score (nSPS) is 18.1. The molecule has 1 saturated heterocycles. The van der Waals surface area contributed by atoms with Crippen LogP contribution in [0.4, 0.5) is 0 Å². The van der Waals surface area contributed by atoms with Crippen LogP contribution in [0.15, 0.2) is 18.2 Å². The van der Waals surface area contributed by atoms with Crippen LogP contribution in [0.5, 0.6) is 5.88 Å². The van der Waals surface area contributed by atoms with Gasteiger partial charge in [-0.05, 0) is 6.07 Å². The number of nitrogens with zero attached hydrogens (tertiary/aromatic N) is 1. The van der Waals surface area contributed by atoms with Crippen LogP contribution >= 0.6 is 0 Å². The first-order valence-electron chi connectivity index (χ1n) is 5.89. The molecule has 0 spiro atoms. The Bertz CT molecular complexity index is 562. The van der Waals surface area contributed by atoms with Crippen LogP contribution in [-0.4, -0.2) is 35.5 Å². The van der Waals surface area contributed by atoms with Gasteiger partial charge in [0.05, 0.1) is 18.5 Å². The molecule has 7 heteroatoms. The Kier molecular flexibility index (Phi) is 3.44. The molecule has 0 unspecified atom stereocenters. The van der Waals surface area contributed by atoms with E-state index in [9.17, 15) is 9.59 Å². The Morgan fingerprint density at radius 2 is 1.90 bits per heavy atom. The second kappa shape index (κ2) is 4.92. The molecule has 0 amide bonds. The summed E-state index contributed by atoms with van der Waals surface area (Å²) in [5, 5.41) is 7.97. The fraction of sp³-hybridized carbons (Fsp3) is 0.385. The Balaban J connectivity index is 2.28. The van der Waals surface area contributed by atoms with Crippen LogP contribution in [0.2, 0.25) is 0 Å². The summed E-state index contributed by atoms with van der Waals surface area (Å²) >= 11 is 0. The van der Waals surface area contributed by atoms with Crippen molar-refractivity contribution in [1.29, 1.82) is 5.41 Å². The highest BCUT2D eigenvalue weighted by Crippen LogP contribution is 2.25. The number of ether oxygens (including phenoxy) is 3. The van der Waals surface area contributed by atoms with Gasteiger partial charge in [0.1, 0.15) is 0 Å². The molecule has 1 aliphatic rings. The van der Waals surface area contributed by atoms with Crippen LogP contribution in [0, 0.1) is 11.3 Å². The van der Waals surface area contributed by atoms with E-state index in [-0.39, 0.29) is 17.3 Å². The van der Waals surface area contributed by atoms with Gasteiger partial charge in [-0.2, -0.15) is 0 Å². The summed E-state index contributed by atoms with van der Waals surface area (Å²) < 4.78 is 14.9. The topological polar surface area (TPSA) is 98.6 Å². The van der Waals surface area contributed by atoms with E-state index in [0.717, 1.165) is 0 Å². The standard InChI is InChI=1S/C13H14N2O5/c1-13(2)19-11(16)9(12(17)20-13)10(14)7-5-4-6-8(15-7)18-3/h4-6,9,14H,1-3H3. The average molecular weight is 278 g/mol. The summed E-state index contributed by atoms with van der Waals surface area (Å²) in [4.78, 5) is 27.7. The average Bonchev–Trinajstić information content (AvgIpc) is 2.36. The second-order valence-electron chi connectivity index (χ2n) is 4.65. The van der Waals surface area contributed by atoms with Gasteiger partial charge in [-0.1, -0.05) is 6.07 Å². The lowest BCUT2D eigenvalue weighted by Crippen LogP contribution is -2.49. The van der Waals surface area contributed by atoms with Gasteiger partial charge in [-0.3, -0.25) is 9.59 Å². The molecule has 106 valence electrons. The van der Waals surface area contributed by atoms with Gasteiger partial charge in [-0.25, -0.2) is 4.98 Å². The number of esters is 2. The second-order valence-corrected chi connectivity index (χ2v) is 4.65. The van der Waals surface area contributed by atoms with Gasteiger partial charge in [0.2, 0.25) is 5.88 Å². The summed E-state index contributed by atoms with van der Waals surface area (Å²) in [6.45, 7) is 2.90. The molecular weight excluding hydrogens is 264 g/mol. The van der Waals surface area contributed by atoms with Gasteiger partial charge in [0.15, 0.2) is 5.92 Å². The zero-order valence-electron chi connectivity index (χ0n) is 11.3. The van der Waals surface area contributed by atoms with Crippen molar-refractivity contribution >= 4 is 17.7 Å². The minimum absolute atomic E-state index is 0.156. The van der Waals surface area contributed by atoms with Crippen LogP contribution in [-0.2, 0) is 19.1 Å². The largest absolute Gasteiger partial charge is 0.481 e. The zero-order chi connectivity index (χ0) is 14.9. The van der Waals surface area contributed by atoms with Crippen molar-refractivity contribution in [2.75, 3.05) is 7.11 Å². The first kappa shape index (κ1) is 14.0. The van der Waals surface area contributed by atoms with Crippen molar-refractivity contribution in [3.63, 3.8) is 0 Å². The number of hydrogen-bond acceptors (Lipinski definition) is 7. The first-order chi connectivity index (χ1) is 9.34. The van der Waals surface area contributed by atoms with Crippen molar-refractivity contribution in [2.24, 2.45) is 5.92 Å². The third kappa shape index (κ3) is 2.61. The number of carbonyl (C=O) groups excluding carboxylic acids is 2. The highest BCUT2D eigenvalue weighted by atomic mass is 16.7. The summed E-state index contributed by atoms with van der Waals surface area (Å²) in [6, 6.07) is 4.71. The Morgan fingerprint density at radius 3 is 2.45 bits per heavy atom. The summed E-state index contributed by atoms with van der Waals surface area (Å²) in [5.74, 6) is -4.10. The number of carbonyl (C=O) groups is 2. The number of methoxy groups -OCH3 is 1. The fourth-order valence-electron chi connectivity index (χ4n) is 1.78. The van der Waals surface area contributed by atoms with E-state index < -0.39 is 23.6 Å². The summed E-state index contributed by atoms with van der Waals surface area (Å²) in [7, 11) is 1.43. The molecule has 2 rings (SSSR count). The van der Waals surface area contributed by atoms with Gasteiger partial charge in [0, 0.05) is 19.9 Å². The summed E-state index contributed by atoms with van der Waals surface area (Å²) in [5.41, 5.74) is -0.127. The number of pyridine rings is 1. The van der Waals surface area contributed by atoms with Crippen molar-refractivity contribution in [1.82, 2.24) is 4.98 Å². The quantitative estimate of drug-likeness (QED) is 0.501. The lowest BCUT2D eigenvalue weighted by atomic mass is 9.99. The molecule has 0 aliphatic carbocycles. The molecule has 1 fully saturated rings. The molecule has 2 heterocycles. The van der Waals surface area contributed by atoms with Crippen molar-refractivity contribution < 1.29 is 23.8 Å². The Hall–Kier alpha value is -2.44. The van der Waals surface area contributed by atoms with Gasteiger partial charge in [0.25, 0.3) is 5.79 Å². The highest BCUT2D eigenvalue weighted by molar-refractivity contribution is 6.21. The third-order valence-corrected chi connectivity index (χ3v) is 2.66. The van der Waals surface area contributed by atoms with E-state index in [1.807, 2.05) is 0 Å². The predicted molar refractivity (Wildman–Crippen MR) is 67.4 cm³/mol. The fourth-order valence-corrected chi connectivity index (χ4v) is 1.78. The molecule has 7 nitrogen and oxygen atoms in total. The minimum atomic E-state index is -1.43. The van der Waals surface area contributed by atoms with Crippen molar-refractivity contribution in [3.8, 4) is 5.88 Å². The number of cyclic esters (lactones) is 2. The Labute approximate surface area is 115 Å². The van der Waals surface area contributed by atoms with Crippen LogP contribution < -0.4 is 4.74 Å². The molecule has 0 bridgehead atoms. The van der Waals surface area contributed by atoms with E-state index in [4.69, 9.17) is 19.6 Å². The van der Waals surface area contributed by atoms with E-state index in [1.54, 1.807) is 12.1 Å². The first-order valence-corrected chi connectivity index (χ1v) is 5.89. The van der Waals surface area contributed by atoms with Gasteiger partial charge in [-0.15, -0.1) is 0 Å². The number of rotatable bonds is 3. The van der Waals surface area contributed by atoms with Crippen LogP contribution in [0.25, 0.3) is 0 Å². The van der Waals surface area contributed by atoms with Gasteiger partial charge < -0.3 is 19.6 Å². The maximum Gasteiger partial charge on any atom is 0.329 e. The minimum Gasteiger partial charge on any atom is -0.481 e. The molecule has 1 aliphatic heterocycles. The van der Waals surface area contributed by atoms with E-state index in [1.165, 1.54) is 27.0 Å². The molecule has 1 aromatic rings. The Morgan fingerprint density at radius 1 is 1.30 bits per heavy atom. The van der Waals surface area contributed by atoms with Gasteiger partial charge >= 0.3 is 11.9 Å². The number of nitrogens with one attached hydrogen (secondary N) is 1. The molecule has 1 aromatic heterocycles. The van der Waals surface area contributed by atoms with Crippen LogP contribution in [0.3, 0.4) is 0 Å². The molecule has 0 saturated carbocycles. The van der Waals surface area contributed by atoms with E-state index in [0.29, 0.717) is 0 Å². The molecule has 0 atom stereocenters.